The zero-order valence-electron chi connectivity index (χ0n) is 16.1. The molecule has 3 aromatic heterocycles. The summed E-state index contributed by atoms with van der Waals surface area (Å²) in [6.07, 6.45) is 10.2. The molecule has 0 aromatic carbocycles. The van der Waals surface area contributed by atoms with Crippen LogP contribution in [0.4, 0.5) is 5.82 Å². The predicted molar refractivity (Wildman–Crippen MR) is 115 cm³/mol. The quantitative estimate of drug-likeness (QED) is 0.598. The Bertz CT molecular complexity index is 1080. The molecule has 0 bridgehead atoms. The second kappa shape index (κ2) is 8.26. The summed E-state index contributed by atoms with van der Waals surface area (Å²) in [5.41, 5.74) is 8.16. The third kappa shape index (κ3) is 3.73. The minimum absolute atomic E-state index is 0.0276. The molecule has 1 aliphatic heterocycles. The van der Waals surface area contributed by atoms with Gasteiger partial charge in [0, 0.05) is 44.0 Å². The van der Waals surface area contributed by atoms with Crippen molar-refractivity contribution in [2.45, 2.75) is 19.1 Å². The Labute approximate surface area is 176 Å². The van der Waals surface area contributed by atoms with Gasteiger partial charge in [-0.3, -0.25) is 9.39 Å². The third-order valence-corrected chi connectivity index (χ3v) is 5.30. The Morgan fingerprint density at radius 2 is 2.21 bits per heavy atom. The molecule has 150 valence electrons. The second-order valence-corrected chi connectivity index (χ2v) is 7.41. The number of hydrogen-bond acceptors (Lipinski definition) is 8. The highest BCUT2D eigenvalue weighted by atomic mass is 79.9. The minimum atomic E-state index is -0.186. The van der Waals surface area contributed by atoms with E-state index < -0.39 is 0 Å². The number of halogens is 1. The SMILES string of the molecule is CN=C/C(=C\N)C1OCCN(c2ccnc(-c3cnc4cnc(Br)cn34)n2)C1C. The molecule has 1 saturated heterocycles. The first-order valence-electron chi connectivity index (χ1n) is 9.16. The largest absolute Gasteiger partial charge is 0.404 e. The van der Waals surface area contributed by atoms with E-state index in [9.17, 15) is 0 Å². The summed E-state index contributed by atoms with van der Waals surface area (Å²) in [4.78, 5) is 24.2. The standard InChI is InChI=1S/C19H21BrN8O/c1-12-18(13(7-21)8-22-2)29-6-5-27(12)16-3-4-23-19(26-16)14-9-25-17-10-24-15(20)11-28(14)17/h3-4,7-12,18H,5-6,21H2,1-2H3/b13-7+,22-8?. The highest BCUT2D eigenvalue weighted by Gasteiger charge is 2.32. The van der Waals surface area contributed by atoms with Crippen LogP contribution in [0.2, 0.25) is 0 Å². The van der Waals surface area contributed by atoms with Crippen molar-refractivity contribution in [1.82, 2.24) is 24.3 Å². The van der Waals surface area contributed by atoms with E-state index in [0.717, 1.165) is 29.3 Å². The van der Waals surface area contributed by atoms with E-state index in [1.807, 2.05) is 16.7 Å². The van der Waals surface area contributed by atoms with E-state index >= 15 is 0 Å². The summed E-state index contributed by atoms with van der Waals surface area (Å²) in [7, 11) is 1.72. The van der Waals surface area contributed by atoms with E-state index in [2.05, 4.69) is 47.7 Å². The molecule has 0 radical (unpaired) electrons. The maximum absolute atomic E-state index is 5.97. The third-order valence-electron chi connectivity index (χ3n) is 4.89. The van der Waals surface area contributed by atoms with Crippen molar-refractivity contribution in [2.24, 2.45) is 10.7 Å². The molecule has 29 heavy (non-hydrogen) atoms. The van der Waals surface area contributed by atoms with Crippen molar-refractivity contribution in [3.05, 3.63) is 47.2 Å². The molecular weight excluding hydrogens is 436 g/mol. The summed E-state index contributed by atoms with van der Waals surface area (Å²) in [5.74, 6) is 1.41. The van der Waals surface area contributed by atoms with Crippen molar-refractivity contribution >= 4 is 33.6 Å². The maximum Gasteiger partial charge on any atom is 0.180 e. The fourth-order valence-corrected chi connectivity index (χ4v) is 3.81. The van der Waals surface area contributed by atoms with Crippen LogP contribution in [-0.4, -0.2) is 62.9 Å². The normalized spacial score (nSPS) is 20.7. The number of imidazole rings is 1. The van der Waals surface area contributed by atoms with Crippen LogP contribution in [0.25, 0.3) is 17.2 Å². The molecule has 2 N–H and O–H groups in total. The minimum Gasteiger partial charge on any atom is -0.404 e. The van der Waals surface area contributed by atoms with Crippen LogP contribution < -0.4 is 10.6 Å². The molecule has 9 nitrogen and oxygen atoms in total. The summed E-state index contributed by atoms with van der Waals surface area (Å²) >= 11 is 3.40. The Morgan fingerprint density at radius 3 is 3.00 bits per heavy atom. The van der Waals surface area contributed by atoms with Crippen LogP contribution >= 0.6 is 15.9 Å². The number of aliphatic imine (C=N–C) groups is 1. The fraction of sp³-hybridized carbons (Fsp3) is 0.316. The predicted octanol–water partition coefficient (Wildman–Crippen LogP) is 2.09. The lowest BCUT2D eigenvalue weighted by Crippen LogP contribution is -2.51. The fourth-order valence-electron chi connectivity index (χ4n) is 3.51. The lowest BCUT2D eigenvalue weighted by atomic mass is 10.0. The summed E-state index contributed by atoms with van der Waals surface area (Å²) in [5, 5.41) is 0. The maximum atomic E-state index is 5.97. The van der Waals surface area contributed by atoms with E-state index in [-0.39, 0.29) is 12.1 Å². The number of hydrogen-bond donors (Lipinski definition) is 1. The van der Waals surface area contributed by atoms with Crippen molar-refractivity contribution in [1.29, 1.82) is 0 Å². The number of nitrogens with two attached hydrogens (primary N) is 1. The van der Waals surface area contributed by atoms with Crippen LogP contribution in [0.5, 0.6) is 0 Å². The van der Waals surface area contributed by atoms with E-state index in [0.29, 0.717) is 17.0 Å². The Balaban J connectivity index is 1.68. The van der Waals surface area contributed by atoms with Gasteiger partial charge in [0.1, 0.15) is 22.2 Å². The molecule has 2 atom stereocenters. The van der Waals surface area contributed by atoms with E-state index in [4.69, 9.17) is 15.5 Å². The van der Waals surface area contributed by atoms with Gasteiger partial charge in [-0.1, -0.05) is 0 Å². The molecule has 0 saturated carbocycles. The average molecular weight is 457 g/mol. The molecule has 4 heterocycles. The van der Waals surface area contributed by atoms with Crippen LogP contribution in [0.15, 0.2) is 52.2 Å². The van der Waals surface area contributed by atoms with E-state index in [1.165, 1.54) is 0 Å². The van der Waals surface area contributed by atoms with Crippen LogP contribution in [0, 0.1) is 0 Å². The molecule has 2 unspecified atom stereocenters. The second-order valence-electron chi connectivity index (χ2n) is 6.60. The number of fused-ring (bicyclic) bond motifs is 1. The molecule has 4 rings (SSSR count). The molecule has 1 aliphatic rings. The van der Waals surface area contributed by atoms with Gasteiger partial charge in [-0.05, 0) is 28.9 Å². The van der Waals surface area contributed by atoms with Crippen molar-refractivity contribution in [3.8, 4) is 11.5 Å². The molecule has 0 aliphatic carbocycles. The van der Waals surface area contributed by atoms with Crippen LogP contribution in [-0.2, 0) is 4.74 Å². The number of nitrogens with zero attached hydrogens (tertiary/aromatic N) is 7. The van der Waals surface area contributed by atoms with Crippen molar-refractivity contribution < 1.29 is 4.74 Å². The Morgan fingerprint density at radius 1 is 1.34 bits per heavy atom. The summed E-state index contributed by atoms with van der Waals surface area (Å²) in [6, 6.07) is 1.93. The zero-order valence-corrected chi connectivity index (χ0v) is 17.7. The van der Waals surface area contributed by atoms with Gasteiger partial charge in [0.2, 0.25) is 0 Å². The van der Waals surface area contributed by atoms with Gasteiger partial charge in [0.05, 0.1) is 25.0 Å². The molecular formula is C19H21BrN8O. The molecule has 0 spiro atoms. The monoisotopic (exact) mass is 456 g/mol. The average Bonchev–Trinajstić information content (AvgIpc) is 3.15. The number of anilines is 1. The number of morpholine rings is 1. The van der Waals surface area contributed by atoms with Crippen molar-refractivity contribution in [2.75, 3.05) is 25.1 Å². The highest BCUT2D eigenvalue weighted by Crippen LogP contribution is 2.26. The number of aromatic nitrogens is 5. The van der Waals surface area contributed by atoms with Crippen LogP contribution in [0.3, 0.4) is 0 Å². The van der Waals surface area contributed by atoms with Gasteiger partial charge in [-0.15, -0.1) is 0 Å². The molecule has 3 aromatic rings. The van der Waals surface area contributed by atoms with Gasteiger partial charge < -0.3 is 15.4 Å². The first-order chi connectivity index (χ1) is 14.1. The smallest absolute Gasteiger partial charge is 0.180 e. The van der Waals surface area contributed by atoms with Gasteiger partial charge in [0.15, 0.2) is 11.5 Å². The molecule has 10 heteroatoms. The highest BCUT2D eigenvalue weighted by molar-refractivity contribution is 9.10. The molecule has 0 amide bonds. The van der Waals surface area contributed by atoms with E-state index in [1.54, 1.807) is 38.1 Å². The number of rotatable bonds is 4. The van der Waals surface area contributed by atoms with Gasteiger partial charge in [0.25, 0.3) is 0 Å². The number of ether oxygens (including phenoxy) is 1. The molecule has 1 fully saturated rings. The Hall–Kier alpha value is -2.85. The topological polar surface area (TPSA) is 107 Å². The first kappa shape index (κ1) is 19.5. The lowest BCUT2D eigenvalue weighted by Gasteiger charge is -2.40. The van der Waals surface area contributed by atoms with Crippen molar-refractivity contribution in [3.63, 3.8) is 0 Å². The van der Waals surface area contributed by atoms with Gasteiger partial charge >= 0.3 is 0 Å². The first-order valence-corrected chi connectivity index (χ1v) is 9.96. The van der Waals surface area contributed by atoms with Gasteiger partial charge in [-0.25, -0.2) is 19.9 Å². The van der Waals surface area contributed by atoms with Gasteiger partial charge in [-0.2, -0.15) is 0 Å². The Kier molecular flexibility index (Phi) is 5.54. The lowest BCUT2D eigenvalue weighted by molar-refractivity contribution is 0.0430. The zero-order chi connectivity index (χ0) is 20.4. The van der Waals surface area contributed by atoms with Crippen LogP contribution in [0.1, 0.15) is 6.92 Å². The summed E-state index contributed by atoms with van der Waals surface area (Å²) < 4.78 is 8.59. The summed E-state index contributed by atoms with van der Waals surface area (Å²) in [6.45, 7) is 3.38.